The molecule has 0 aromatic rings. The molecule has 2 nitrogen and oxygen atoms in total. The Hall–Kier alpha value is -0.0200. The molecule has 6 heavy (non-hydrogen) atoms. The number of nitrogens with zero attached hydrogens (tertiary/aromatic N) is 1. The van der Waals surface area contributed by atoms with Crippen molar-refractivity contribution >= 4 is 18.2 Å². The fourth-order valence-corrected chi connectivity index (χ4v) is 0.880. The largest absolute Gasteiger partial charge is 0.322 e. The van der Waals surface area contributed by atoms with E-state index < -0.39 is 0 Å². The van der Waals surface area contributed by atoms with Crippen LogP contribution in [0.3, 0.4) is 0 Å². The summed E-state index contributed by atoms with van der Waals surface area (Å²) in [7, 11) is 0. The van der Waals surface area contributed by atoms with Crippen LogP contribution in [0.1, 0.15) is 0 Å². The Morgan fingerprint density at radius 1 is 2.00 bits per heavy atom. The molecular formula is C3H6N2S. The monoisotopic (exact) mass is 102 g/mol. The lowest BCUT2D eigenvalue weighted by atomic mass is 10.4. The summed E-state index contributed by atoms with van der Waals surface area (Å²) in [5.74, 6) is 0.958. The molecule has 1 rings (SSSR count). The van der Waals surface area contributed by atoms with Crippen molar-refractivity contribution in [3.63, 3.8) is 0 Å². The van der Waals surface area contributed by atoms with Gasteiger partial charge in [0.15, 0.2) is 0 Å². The minimum absolute atomic E-state index is 0.218. The molecule has 0 amide bonds. The van der Waals surface area contributed by atoms with E-state index in [0.717, 1.165) is 5.75 Å². The molecule has 1 heterocycles. The van der Waals surface area contributed by atoms with Crippen molar-refractivity contribution in [3.05, 3.63) is 0 Å². The average molecular weight is 102 g/mol. The molecule has 0 bridgehead atoms. The van der Waals surface area contributed by atoms with Crippen molar-refractivity contribution in [3.8, 4) is 0 Å². The summed E-state index contributed by atoms with van der Waals surface area (Å²) in [4.78, 5) is 0. The van der Waals surface area contributed by atoms with Crippen molar-refractivity contribution in [2.75, 3.05) is 5.75 Å². The Morgan fingerprint density at radius 2 is 2.83 bits per heavy atom. The molecule has 3 heteroatoms. The third kappa shape index (κ3) is 0.725. The predicted octanol–water partition coefficient (Wildman–Crippen LogP) is 0.0463. The molecule has 0 unspecified atom stereocenters. The van der Waals surface area contributed by atoms with Crippen LogP contribution in [0.4, 0.5) is 0 Å². The van der Waals surface area contributed by atoms with Gasteiger partial charge in [-0.05, 0) is 11.9 Å². The first-order valence-corrected chi connectivity index (χ1v) is 2.75. The van der Waals surface area contributed by atoms with E-state index in [1.165, 1.54) is 11.9 Å². The average Bonchev–Trinajstić information content (AvgIpc) is 1.86. The molecule has 34 valence electrons. The maximum absolute atomic E-state index is 5.36. The van der Waals surface area contributed by atoms with Crippen LogP contribution < -0.4 is 5.73 Å². The first kappa shape index (κ1) is 4.15. The van der Waals surface area contributed by atoms with Crippen LogP contribution in [0.15, 0.2) is 4.40 Å². The highest BCUT2D eigenvalue weighted by Gasteiger charge is 2.01. The van der Waals surface area contributed by atoms with Gasteiger partial charge >= 0.3 is 0 Å². The topological polar surface area (TPSA) is 38.4 Å². The molecule has 1 atom stereocenters. The lowest BCUT2D eigenvalue weighted by Gasteiger charge is -1.86. The quantitative estimate of drug-likeness (QED) is 0.439. The number of nitrogens with two attached hydrogens (primary N) is 1. The summed E-state index contributed by atoms with van der Waals surface area (Å²) in [6.45, 7) is 0. The van der Waals surface area contributed by atoms with Gasteiger partial charge in [0.1, 0.15) is 0 Å². The zero-order valence-electron chi connectivity index (χ0n) is 3.29. The van der Waals surface area contributed by atoms with E-state index in [2.05, 4.69) is 4.40 Å². The van der Waals surface area contributed by atoms with Crippen molar-refractivity contribution in [2.45, 2.75) is 6.04 Å². The van der Waals surface area contributed by atoms with Crippen LogP contribution in [0.5, 0.6) is 0 Å². The van der Waals surface area contributed by atoms with Crippen molar-refractivity contribution in [2.24, 2.45) is 10.1 Å². The van der Waals surface area contributed by atoms with E-state index in [9.17, 15) is 0 Å². The lowest BCUT2D eigenvalue weighted by Crippen LogP contribution is -2.20. The Labute approximate surface area is 41.0 Å². The molecule has 0 radical (unpaired) electrons. The molecule has 0 saturated heterocycles. The highest BCUT2D eigenvalue weighted by molar-refractivity contribution is 7.98. The summed E-state index contributed by atoms with van der Waals surface area (Å²) in [6.07, 6.45) is 1.77. The minimum Gasteiger partial charge on any atom is -0.322 e. The maximum atomic E-state index is 5.36. The third-order valence-corrected chi connectivity index (χ3v) is 1.40. The second-order valence-electron chi connectivity index (χ2n) is 1.21. The van der Waals surface area contributed by atoms with E-state index in [0.29, 0.717) is 0 Å². The summed E-state index contributed by atoms with van der Waals surface area (Å²) in [5, 5.41) is 0. The van der Waals surface area contributed by atoms with Gasteiger partial charge in [-0.25, -0.2) is 4.40 Å². The van der Waals surface area contributed by atoms with Crippen LogP contribution in [-0.2, 0) is 0 Å². The van der Waals surface area contributed by atoms with E-state index in [4.69, 9.17) is 5.73 Å². The maximum Gasteiger partial charge on any atom is 0.0516 e. The second kappa shape index (κ2) is 1.62. The minimum atomic E-state index is 0.218. The normalized spacial score (nSPS) is 31.8. The van der Waals surface area contributed by atoms with Crippen LogP contribution in [0, 0.1) is 0 Å². The molecule has 1 aliphatic heterocycles. The van der Waals surface area contributed by atoms with Crippen LogP contribution >= 0.6 is 11.9 Å². The van der Waals surface area contributed by atoms with Crippen LogP contribution in [0.25, 0.3) is 0 Å². The first-order valence-electron chi connectivity index (χ1n) is 1.80. The Kier molecular flexibility index (Phi) is 1.12. The van der Waals surface area contributed by atoms with Crippen molar-refractivity contribution in [1.29, 1.82) is 0 Å². The number of rotatable bonds is 0. The van der Waals surface area contributed by atoms with Crippen LogP contribution in [0.2, 0.25) is 0 Å². The smallest absolute Gasteiger partial charge is 0.0516 e. The predicted molar refractivity (Wildman–Crippen MR) is 28.9 cm³/mol. The molecule has 0 saturated carbocycles. The van der Waals surface area contributed by atoms with Gasteiger partial charge in [-0.1, -0.05) is 0 Å². The standard InChI is InChI=1S/C3H6N2S/c4-3-1-5-6-2-3/h1,3H,2,4H2/t3-/m1/s1. The highest BCUT2D eigenvalue weighted by Crippen LogP contribution is 2.07. The SMILES string of the molecule is N[C@@H]1C=NSC1. The van der Waals surface area contributed by atoms with Gasteiger partial charge in [0.05, 0.1) is 6.04 Å². The van der Waals surface area contributed by atoms with Gasteiger partial charge in [0.25, 0.3) is 0 Å². The summed E-state index contributed by atoms with van der Waals surface area (Å²) in [5.41, 5.74) is 5.36. The Morgan fingerprint density at radius 3 is 3.00 bits per heavy atom. The lowest BCUT2D eigenvalue weighted by molar-refractivity contribution is 1.03. The van der Waals surface area contributed by atoms with Gasteiger partial charge in [-0.15, -0.1) is 0 Å². The highest BCUT2D eigenvalue weighted by atomic mass is 32.2. The van der Waals surface area contributed by atoms with E-state index in [-0.39, 0.29) is 6.04 Å². The molecule has 2 N–H and O–H groups in total. The zero-order valence-corrected chi connectivity index (χ0v) is 4.11. The molecule has 1 aliphatic rings. The summed E-state index contributed by atoms with van der Waals surface area (Å²) >= 11 is 1.53. The Bertz CT molecular complexity index is 71.2. The van der Waals surface area contributed by atoms with Gasteiger partial charge in [0, 0.05) is 12.0 Å². The van der Waals surface area contributed by atoms with Gasteiger partial charge in [-0.2, -0.15) is 0 Å². The zero-order chi connectivity index (χ0) is 4.41. The fraction of sp³-hybridized carbons (Fsp3) is 0.667. The summed E-state index contributed by atoms with van der Waals surface area (Å²) < 4.78 is 3.83. The number of hydrogen-bond acceptors (Lipinski definition) is 3. The molecule has 0 spiro atoms. The number of hydrogen-bond donors (Lipinski definition) is 1. The van der Waals surface area contributed by atoms with Crippen LogP contribution in [-0.4, -0.2) is 18.0 Å². The molecule has 0 aromatic heterocycles. The molecule has 0 aliphatic carbocycles. The third-order valence-electron chi connectivity index (χ3n) is 0.594. The van der Waals surface area contributed by atoms with E-state index >= 15 is 0 Å². The van der Waals surface area contributed by atoms with Gasteiger partial charge < -0.3 is 5.73 Å². The van der Waals surface area contributed by atoms with E-state index in [1.807, 2.05) is 0 Å². The fourth-order valence-electron chi connectivity index (χ4n) is 0.293. The Balaban J connectivity index is 2.38. The van der Waals surface area contributed by atoms with E-state index in [1.54, 1.807) is 6.21 Å². The second-order valence-corrected chi connectivity index (χ2v) is 2.02. The molecule has 0 fully saturated rings. The summed E-state index contributed by atoms with van der Waals surface area (Å²) in [6, 6.07) is 0.218. The molecule has 0 aromatic carbocycles. The first-order chi connectivity index (χ1) is 2.89. The van der Waals surface area contributed by atoms with Gasteiger partial charge in [0.2, 0.25) is 0 Å². The van der Waals surface area contributed by atoms with Crippen molar-refractivity contribution in [1.82, 2.24) is 0 Å². The van der Waals surface area contributed by atoms with Gasteiger partial charge in [-0.3, -0.25) is 0 Å². The van der Waals surface area contributed by atoms with Crippen molar-refractivity contribution < 1.29 is 0 Å². The molecular weight excluding hydrogens is 96.1 g/mol.